The predicted molar refractivity (Wildman–Crippen MR) is 91.8 cm³/mol. The molecule has 0 aromatic heterocycles. The number of carbonyl (C=O) groups excluding carboxylic acids is 2. The Hall–Kier alpha value is -0.980. The highest BCUT2D eigenvalue weighted by atomic mass is 16.6. The summed E-state index contributed by atoms with van der Waals surface area (Å²) in [5.41, 5.74) is 0. The summed E-state index contributed by atoms with van der Waals surface area (Å²) in [5, 5.41) is 0. The third-order valence-corrected chi connectivity index (χ3v) is 3.22. The van der Waals surface area contributed by atoms with E-state index < -0.39 is 11.9 Å². The molecule has 0 aromatic rings. The summed E-state index contributed by atoms with van der Waals surface area (Å²) in [6.45, 7) is 7.78. The maximum atomic E-state index is 11.5. The van der Waals surface area contributed by atoms with Crippen molar-refractivity contribution in [2.24, 2.45) is 0 Å². The topological polar surface area (TPSA) is 71.1 Å². The van der Waals surface area contributed by atoms with Gasteiger partial charge in [0.25, 0.3) is 0 Å². The molecule has 0 aliphatic heterocycles. The molecule has 6 heteroatoms. The van der Waals surface area contributed by atoms with E-state index >= 15 is 0 Å². The molecule has 24 heavy (non-hydrogen) atoms. The molecule has 0 saturated carbocycles. The van der Waals surface area contributed by atoms with Crippen molar-refractivity contribution in [3.8, 4) is 0 Å². The lowest BCUT2D eigenvalue weighted by atomic mass is 10.3. The number of ether oxygens (including phenoxy) is 4. The van der Waals surface area contributed by atoms with Gasteiger partial charge in [-0.05, 0) is 25.7 Å². The number of carbonyl (C=O) groups is 2. The van der Waals surface area contributed by atoms with E-state index in [9.17, 15) is 9.59 Å². The molecule has 0 N–H and O–H groups in total. The molecule has 0 aromatic carbocycles. The molecule has 0 radical (unpaired) electrons. The van der Waals surface area contributed by atoms with Crippen LogP contribution in [-0.2, 0) is 28.5 Å². The monoisotopic (exact) mass is 346 g/mol. The van der Waals surface area contributed by atoms with Gasteiger partial charge >= 0.3 is 11.9 Å². The van der Waals surface area contributed by atoms with Gasteiger partial charge < -0.3 is 18.9 Å². The first kappa shape index (κ1) is 23.0. The maximum absolute atomic E-state index is 11.5. The van der Waals surface area contributed by atoms with Gasteiger partial charge in [0.1, 0.15) is 0 Å². The first-order valence-corrected chi connectivity index (χ1v) is 9.17. The largest absolute Gasteiger partial charge is 0.393 e. The lowest BCUT2D eigenvalue weighted by Crippen LogP contribution is -2.14. The summed E-state index contributed by atoms with van der Waals surface area (Å²) >= 11 is 0. The van der Waals surface area contributed by atoms with Crippen LogP contribution in [0.3, 0.4) is 0 Å². The summed E-state index contributed by atoms with van der Waals surface area (Å²) in [6.07, 6.45) is 5.82. The standard InChI is InChI=1S/C18H34O6/c1-3-5-11-21-13-7-9-17(19)24-18(20)10-8-14-23-16-15-22-12-6-4-2/h3-16H2,1-2H3. The molecule has 0 amide bonds. The fourth-order valence-corrected chi connectivity index (χ4v) is 1.78. The highest BCUT2D eigenvalue weighted by Gasteiger charge is 2.09. The lowest BCUT2D eigenvalue weighted by molar-refractivity contribution is -0.160. The summed E-state index contributed by atoms with van der Waals surface area (Å²) in [5.74, 6) is -0.973. The number of esters is 2. The van der Waals surface area contributed by atoms with Gasteiger partial charge in [-0.1, -0.05) is 26.7 Å². The average Bonchev–Trinajstić information content (AvgIpc) is 2.56. The van der Waals surface area contributed by atoms with Crippen LogP contribution in [0.4, 0.5) is 0 Å². The first-order valence-electron chi connectivity index (χ1n) is 9.17. The highest BCUT2D eigenvalue weighted by molar-refractivity contribution is 5.85. The zero-order valence-electron chi connectivity index (χ0n) is 15.3. The molecule has 0 aliphatic rings. The van der Waals surface area contributed by atoms with Gasteiger partial charge in [-0.3, -0.25) is 9.59 Å². The van der Waals surface area contributed by atoms with Gasteiger partial charge in [-0.15, -0.1) is 0 Å². The van der Waals surface area contributed by atoms with Gasteiger partial charge in [-0.2, -0.15) is 0 Å². The molecule has 0 spiro atoms. The Morgan fingerprint density at radius 1 is 0.583 bits per heavy atom. The minimum atomic E-state index is -0.491. The highest BCUT2D eigenvalue weighted by Crippen LogP contribution is 2.00. The van der Waals surface area contributed by atoms with E-state index in [1.165, 1.54) is 0 Å². The molecule has 142 valence electrons. The third kappa shape index (κ3) is 17.4. The molecule has 0 bridgehead atoms. The number of hydrogen-bond acceptors (Lipinski definition) is 6. The predicted octanol–water partition coefficient (Wildman–Crippen LogP) is 3.27. The molecule has 0 aliphatic carbocycles. The van der Waals surface area contributed by atoms with Crippen LogP contribution in [0.15, 0.2) is 0 Å². The van der Waals surface area contributed by atoms with Crippen molar-refractivity contribution in [1.29, 1.82) is 0 Å². The third-order valence-electron chi connectivity index (χ3n) is 3.22. The van der Waals surface area contributed by atoms with Gasteiger partial charge in [-0.25, -0.2) is 0 Å². The van der Waals surface area contributed by atoms with Crippen LogP contribution in [0, 0.1) is 0 Å². The minimum Gasteiger partial charge on any atom is -0.393 e. The summed E-state index contributed by atoms with van der Waals surface area (Å²) in [6, 6.07) is 0. The Morgan fingerprint density at radius 3 is 1.38 bits per heavy atom. The van der Waals surface area contributed by atoms with Crippen molar-refractivity contribution < 1.29 is 28.5 Å². The molecule has 0 atom stereocenters. The van der Waals surface area contributed by atoms with Gasteiger partial charge in [0.15, 0.2) is 0 Å². The Kier molecular flexibility index (Phi) is 17.6. The van der Waals surface area contributed by atoms with Crippen molar-refractivity contribution in [1.82, 2.24) is 0 Å². The van der Waals surface area contributed by atoms with Gasteiger partial charge in [0, 0.05) is 39.3 Å². The lowest BCUT2D eigenvalue weighted by Gasteiger charge is -2.06. The zero-order chi connectivity index (χ0) is 17.9. The summed E-state index contributed by atoms with van der Waals surface area (Å²) in [7, 11) is 0. The van der Waals surface area contributed by atoms with E-state index in [1.807, 2.05) is 0 Å². The smallest absolute Gasteiger partial charge is 0.313 e. The number of hydrogen-bond donors (Lipinski definition) is 0. The van der Waals surface area contributed by atoms with E-state index in [1.54, 1.807) is 0 Å². The SMILES string of the molecule is CCCCOCCCC(=O)OC(=O)CCCOCCOCCCC. The molecular weight excluding hydrogens is 312 g/mol. The Labute approximate surface area is 146 Å². The number of rotatable bonds is 17. The first-order chi connectivity index (χ1) is 11.7. The summed E-state index contributed by atoms with van der Waals surface area (Å²) < 4.78 is 20.8. The molecular formula is C18H34O6. The van der Waals surface area contributed by atoms with Crippen LogP contribution in [0.25, 0.3) is 0 Å². The Balaban J connectivity index is 3.34. The van der Waals surface area contributed by atoms with Gasteiger partial charge in [0.2, 0.25) is 0 Å². The van der Waals surface area contributed by atoms with Crippen LogP contribution in [0.5, 0.6) is 0 Å². The molecule has 0 rings (SSSR count). The van der Waals surface area contributed by atoms with Crippen molar-refractivity contribution in [3.63, 3.8) is 0 Å². The van der Waals surface area contributed by atoms with E-state index in [0.717, 1.165) is 32.3 Å². The van der Waals surface area contributed by atoms with Crippen molar-refractivity contribution in [3.05, 3.63) is 0 Å². The second-order valence-electron chi connectivity index (χ2n) is 5.60. The molecule has 0 fully saturated rings. The van der Waals surface area contributed by atoms with Crippen molar-refractivity contribution in [2.45, 2.75) is 65.2 Å². The molecule has 6 nitrogen and oxygen atoms in total. The van der Waals surface area contributed by atoms with Crippen molar-refractivity contribution >= 4 is 11.9 Å². The average molecular weight is 346 g/mol. The number of unbranched alkanes of at least 4 members (excludes halogenated alkanes) is 2. The van der Waals surface area contributed by atoms with Crippen LogP contribution in [-0.4, -0.2) is 51.6 Å². The zero-order valence-corrected chi connectivity index (χ0v) is 15.3. The second kappa shape index (κ2) is 18.4. The molecule has 0 heterocycles. The Morgan fingerprint density at radius 2 is 0.958 bits per heavy atom. The van der Waals surface area contributed by atoms with E-state index in [4.69, 9.17) is 18.9 Å². The normalized spacial score (nSPS) is 10.8. The van der Waals surface area contributed by atoms with E-state index in [0.29, 0.717) is 45.9 Å². The van der Waals surface area contributed by atoms with E-state index in [2.05, 4.69) is 13.8 Å². The summed E-state index contributed by atoms with van der Waals surface area (Å²) in [4.78, 5) is 22.9. The Bertz CT molecular complexity index is 306. The van der Waals surface area contributed by atoms with Crippen LogP contribution in [0.1, 0.15) is 65.2 Å². The van der Waals surface area contributed by atoms with Crippen molar-refractivity contribution in [2.75, 3.05) is 39.6 Å². The molecule has 0 unspecified atom stereocenters. The quantitative estimate of drug-likeness (QED) is 0.229. The maximum Gasteiger partial charge on any atom is 0.313 e. The van der Waals surface area contributed by atoms with Crippen LogP contribution >= 0.6 is 0 Å². The molecule has 0 saturated heterocycles. The minimum absolute atomic E-state index is 0.190. The second-order valence-corrected chi connectivity index (χ2v) is 5.60. The fraction of sp³-hybridized carbons (Fsp3) is 0.889. The van der Waals surface area contributed by atoms with E-state index in [-0.39, 0.29) is 12.8 Å². The fourth-order valence-electron chi connectivity index (χ4n) is 1.78. The van der Waals surface area contributed by atoms with Crippen LogP contribution < -0.4 is 0 Å². The van der Waals surface area contributed by atoms with Crippen LogP contribution in [0.2, 0.25) is 0 Å². The van der Waals surface area contributed by atoms with Gasteiger partial charge in [0.05, 0.1) is 13.2 Å².